The molecule has 33 heavy (non-hydrogen) atoms. The number of ether oxygens (including phenoxy) is 2. The van der Waals surface area contributed by atoms with E-state index in [2.05, 4.69) is 11.4 Å². The number of hydrogen-bond donors (Lipinski definition) is 1. The molecule has 1 saturated heterocycles. The van der Waals surface area contributed by atoms with Crippen molar-refractivity contribution in [1.82, 2.24) is 9.62 Å². The zero-order valence-corrected chi connectivity index (χ0v) is 20.7. The number of carbonyl (C=O) groups excluding carboxylic acids is 2. The maximum atomic E-state index is 13.1. The van der Waals surface area contributed by atoms with Crippen LogP contribution in [0.1, 0.15) is 38.1 Å². The minimum absolute atomic E-state index is 0.0337. The van der Waals surface area contributed by atoms with Crippen LogP contribution < -0.4 is 10.2 Å². The van der Waals surface area contributed by atoms with Gasteiger partial charge in [0.1, 0.15) is 5.54 Å². The number of rotatable bonds is 8. The molecule has 0 unspecified atom stereocenters. The summed E-state index contributed by atoms with van der Waals surface area (Å²) < 4.78 is 37.1. The molecule has 10 nitrogen and oxygen atoms in total. The van der Waals surface area contributed by atoms with Crippen molar-refractivity contribution in [3.05, 3.63) is 23.8 Å². The number of amides is 1. The highest BCUT2D eigenvalue weighted by Crippen LogP contribution is 2.27. The Kier molecular flexibility index (Phi) is 8.46. The molecule has 1 aromatic rings. The number of nitriles is 1. The molecule has 1 aromatic carbocycles. The van der Waals surface area contributed by atoms with E-state index < -0.39 is 33.5 Å². The Morgan fingerprint density at radius 2 is 1.85 bits per heavy atom. The molecule has 0 spiro atoms. The largest absolute Gasteiger partial charge is 0.449 e. The van der Waals surface area contributed by atoms with E-state index in [1.54, 1.807) is 26.8 Å². The lowest BCUT2D eigenvalue weighted by Gasteiger charge is -2.31. The highest BCUT2D eigenvalue weighted by atomic mass is 32.2. The van der Waals surface area contributed by atoms with Gasteiger partial charge in [0.2, 0.25) is 10.0 Å². The molecule has 0 aromatic heterocycles. The topological polar surface area (TPSA) is 129 Å². The van der Waals surface area contributed by atoms with E-state index >= 15 is 0 Å². The predicted molar refractivity (Wildman–Crippen MR) is 122 cm³/mol. The summed E-state index contributed by atoms with van der Waals surface area (Å²) in [5.74, 6) is -1.63. The average molecular weight is 481 g/mol. The summed E-state index contributed by atoms with van der Waals surface area (Å²) >= 11 is 0. The fourth-order valence-corrected chi connectivity index (χ4v) is 3.99. The van der Waals surface area contributed by atoms with E-state index in [4.69, 9.17) is 9.47 Å². The van der Waals surface area contributed by atoms with E-state index in [-0.39, 0.29) is 16.4 Å². The molecule has 1 amide bonds. The molecule has 1 heterocycles. The van der Waals surface area contributed by atoms with Crippen LogP contribution in [0.4, 0.5) is 5.69 Å². The highest BCUT2D eigenvalue weighted by Gasteiger charge is 2.33. The van der Waals surface area contributed by atoms with Gasteiger partial charge in [-0.3, -0.25) is 4.79 Å². The van der Waals surface area contributed by atoms with Gasteiger partial charge >= 0.3 is 5.97 Å². The Morgan fingerprint density at radius 1 is 1.24 bits per heavy atom. The van der Waals surface area contributed by atoms with Crippen molar-refractivity contribution >= 4 is 27.6 Å². The van der Waals surface area contributed by atoms with Gasteiger partial charge in [-0.05, 0) is 38.0 Å². The fraction of sp³-hybridized carbons (Fsp3) is 0.591. The number of nitrogens with zero attached hydrogens (tertiary/aromatic N) is 3. The molecule has 2 rings (SSSR count). The molecule has 2 atom stereocenters. The molecule has 1 N–H and O–H groups in total. The van der Waals surface area contributed by atoms with Crippen LogP contribution in [0.25, 0.3) is 0 Å². The summed E-state index contributed by atoms with van der Waals surface area (Å²) in [6, 6.07) is 6.34. The Bertz CT molecular complexity index is 1030. The van der Waals surface area contributed by atoms with Gasteiger partial charge in [-0.1, -0.05) is 13.8 Å². The number of carbonyl (C=O) groups is 2. The van der Waals surface area contributed by atoms with Gasteiger partial charge in [0.25, 0.3) is 5.91 Å². The number of benzene rings is 1. The zero-order valence-electron chi connectivity index (χ0n) is 19.9. The van der Waals surface area contributed by atoms with Gasteiger partial charge in [0.15, 0.2) is 6.10 Å². The second-order valence-electron chi connectivity index (χ2n) is 8.57. The van der Waals surface area contributed by atoms with E-state index in [1.165, 1.54) is 33.2 Å². The summed E-state index contributed by atoms with van der Waals surface area (Å²) in [4.78, 5) is 27.6. The smallest absolute Gasteiger partial charge is 0.341 e. The lowest BCUT2D eigenvalue weighted by atomic mass is 9.90. The Balaban J connectivity index is 2.36. The minimum atomic E-state index is -3.80. The third-order valence-corrected chi connectivity index (χ3v) is 7.55. The van der Waals surface area contributed by atoms with Crippen LogP contribution in [-0.4, -0.2) is 76.6 Å². The second-order valence-corrected chi connectivity index (χ2v) is 10.7. The van der Waals surface area contributed by atoms with E-state index in [0.29, 0.717) is 32.0 Å². The van der Waals surface area contributed by atoms with Crippen LogP contribution in [0, 0.1) is 17.2 Å². The van der Waals surface area contributed by atoms with Crippen molar-refractivity contribution in [2.45, 2.75) is 44.2 Å². The van der Waals surface area contributed by atoms with Gasteiger partial charge in [-0.15, -0.1) is 0 Å². The van der Waals surface area contributed by atoms with Crippen LogP contribution in [-0.2, 0) is 24.3 Å². The fourth-order valence-electron chi connectivity index (χ4n) is 3.07. The first-order chi connectivity index (χ1) is 15.3. The maximum absolute atomic E-state index is 13.1. The van der Waals surface area contributed by atoms with Crippen molar-refractivity contribution in [3.8, 4) is 6.07 Å². The quantitative estimate of drug-likeness (QED) is 0.553. The van der Waals surface area contributed by atoms with Gasteiger partial charge in [-0.2, -0.15) is 5.26 Å². The number of sulfonamides is 1. The maximum Gasteiger partial charge on any atom is 0.341 e. The molecular weight excluding hydrogens is 448 g/mol. The number of nitrogens with one attached hydrogen (secondary N) is 1. The zero-order chi connectivity index (χ0) is 25.0. The summed E-state index contributed by atoms with van der Waals surface area (Å²) in [7, 11) is -0.996. The average Bonchev–Trinajstić information content (AvgIpc) is 2.78. The van der Waals surface area contributed by atoms with Crippen molar-refractivity contribution in [1.29, 1.82) is 5.26 Å². The van der Waals surface area contributed by atoms with Gasteiger partial charge in [0.05, 0.1) is 35.4 Å². The predicted octanol–water partition coefficient (Wildman–Crippen LogP) is 1.37. The molecule has 182 valence electrons. The van der Waals surface area contributed by atoms with Crippen LogP contribution in [0.15, 0.2) is 23.1 Å². The van der Waals surface area contributed by atoms with Crippen LogP contribution >= 0.6 is 0 Å². The number of morpholine rings is 1. The molecule has 1 fully saturated rings. The minimum Gasteiger partial charge on any atom is -0.449 e. The Hall–Kier alpha value is -2.68. The molecule has 1 aliphatic heterocycles. The lowest BCUT2D eigenvalue weighted by Crippen LogP contribution is -2.52. The van der Waals surface area contributed by atoms with Crippen molar-refractivity contribution in [3.63, 3.8) is 0 Å². The van der Waals surface area contributed by atoms with Crippen molar-refractivity contribution in [2.75, 3.05) is 45.3 Å². The van der Waals surface area contributed by atoms with Crippen LogP contribution in [0.2, 0.25) is 0 Å². The lowest BCUT2D eigenvalue weighted by molar-refractivity contribution is -0.130. The van der Waals surface area contributed by atoms with Gasteiger partial charge < -0.3 is 19.7 Å². The van der Waals surface area contributed by atoms with Crippen molar-refractivity contribution in [2.24, 2.45) is 5.92 Å². The first-order valence-corrected chi connectivity index (χ1v) is 12.1. The van der Waals surface area contributed by atoms with Crippen LogP contribution in [0.3, 0.4) is 0 Å². The molecular formula is C22H32N4O6S. The third-order valence-electron chi connectivity index (χ3n) is 5.74. The molecule has 0 bridgehead atoms. The molecule has 1 aliphatic rings. The Labute approximate surface area is 195 Å². The summed E-state index contributed by atoms with van der Waals surface area (Å²) in [6.07, 6.45) is -1.20. The summed E-state index contributed by atoms with van der Waals surface area (Å²) in [6.45, 7) is 8.56. The van der Waals surface area contributed by atoms with E-state index in [0.717, 1.165) is 4.31 Å². The highest BCUT2D eigenvalue weighted by molar-refractivity contribution is 7.89. The molecule has 0 saturated carbocycles. The monoisotopic (exact) mass is 480 g/mol. The van der Waals surface area contributed by atoms with Crippen LogP contribution in [0.5, 0.6) is 0 Å². The number of esters is 1. The van der Waals surface area contributed by atoms with Gasteiger partial charge in [-0.25, -0.2) is 17.5 Å². The first-order valence-electron chi connectivity index (χ1n) is 10.7. The number of hydrogen-bond acceptors (Lipinski definition) is 8. The number of anilines is 1. The standard InChI is InChI=1S/C22H32N4O6S/c1-15(2)22(4,14-23)24-20(27)16(3)32-21(28)18-13-17(33(29,30)25(5)6)7-8-19(18)26-9-11-31-12-10-26/h7-8,13,15-16H,9-12H2,1-6H3,(H,24,27)/t16-,22+/m0/s1. The molecule has 11 heteroatoms. The van der Waals surface area contributed by atoms with Gasteiger partial charge in [0, 0.05) is 27.2 Å². The van der Waals surface area contributed by atoms with Crippen molar-refractivity contribution < 1.29 is 27.5 Å². The third kappa shape index (κ3) is 6.01. The Morgan fingerprint density at radius 3 is 2.36 bits per heavy atom. The molecule has 0 radical (unpaired) electrons. The summed E-state index contributed by atoms with van der Waals surface area (Å²) in [5.41, 5.74) is -0.597. The normalized spacial score (nSPS) is 17.2. The van der Waals surface area contributed by atoms with E-state index in [9.17, 15) is 23.3 Å². The van der Waals surface area contributed by atoms with E-state index in [1.807, 2.05) is 4.90 Å². The molecule has 0 aliphatic carbocycles. The second kappa shape index (κ2) is 10.5. The first kappa shape index (κ1) is 26.6. The summed E-state index contributed by atoms with van der Waals surface area (Å²) in [5, 5.41) is 12.1. The SMILES string of the molecule is CC(C)[C@@](C)(C#N)NC(=O)[C@H](C)OC(=O)c1cc(S(=O)(=O)N(C)C)ccc1N1CCOCC1.